The lowest BCUT2D eigenvalue weighted by atomic mass is 10.2. The smallest absolute Gasteiger partial charge is 0.265 e. The fourth-order valence-corrected chi connectivity index (χ4v) is 3.17. The fraction of sp³-hybridized carbons (Fsp3) is 0.0588. The van der Waals surface area contributed by atoms with Crippen LogP contribution in [0.5, 0.6) is 0 Å². The van der Waals surface area contributed by atoms with Crippen molar-refractivity contribution in [2.24, 2.45) is 12.1 Å². The van der Waals surface area contributed by atoms with Crippen LogP contribution < -0.4 is 5.43 Å². The molecule has 0 aliphatic heterocycles. The number of fused-ring (bicyclic) bond motifs is 3. The number of hydrogen-bond donors (Lipinski definition) is 1. The van der Waals surface area contributed by atoms with Crippen LogP contribution in [-0.2, 0) is 7.05 Å². The Morgan fingerprint density at radius 1 is 1.12 bits per heavy atom. The molecule has 0 radical (unpaired) electrons. The zero-order chi connectivity index (χ0) is 16.5. The summed E-state index contributed by atoms with van der Waals surface area (Å²) in [5.74, 6) is 0.371. The third-order valence-electron chi connectivity index (χ3n) is 3.73. The Morgan fingerprint density at radius 2 is 2.00 bits per heavy atom. The highest BCUT2D eigenvalue weighted by Gasteiger charge is 2.11. The lowest BCUT2D eigenvalue weighted by Gasteiger charge is -1.99. The highest BCUT2D eigenvalue weighted by Crippen LogP contribution is 2.24. The Bertz CT molecular complexity index is 1070. The van der Waals surface area contributed by atoms with E-state index >= 15 is 0 Å². The number of nitrogens with one attached hydrogen (secondary N) is 1. The summed E-state index contributed by atoms with van der Waals surface area (Å²) in [6, 6.07) is 16.1. The first-order valence-electron chi connectivity index (χ1n) is 7.35. The van der Waals surface area contributed by atoms with E-state index in [0.29, 0.717) is 5.95 Å². The number of benzene rings is 2. The zero-order valence-electron chi connectivity index (χ0n) is 12.8. The first-order chi connectivity index (χ1) is 11.7. The van der Waals surface area contributed by atoms with Gasteiger partial charge in [0, 0.05) is 16.0 Å². The molecule has 2 heterocycles. The van der Waals surface area contributed by atoms with Crippen LogP contribution in [0.25, 0.3) is 22.1 Å². The molecule has 6 nitrogen and oxygen atoms in total. The topological polar surface area (TPSA) is 68.0 Å². The zero-order valence-corrected chi connectivity index (χ0v) is 15.0. The molecule has 0 aliphatic carbocycles. The minimum Gasteiger partial charge on any atom is -0.327 e. The van der Waals surface area contributed by atoms with Crippen LogP contribution >= 0.6 is 22.6 Å². The highest BCUT2D eigenvalue weighted by atomic mass is 127. The third kappa shape index (κ3) is 2.71. The number of anilines is 1. The summed E-state index contributed by atoms with van der Waals surface area (Å²) < 4.78 is 3.17. The lowest BCUT2D eigenvalue weighted by Crippen LogP contribution is -2.00. The molecule has 0 aliphatic rings. The van der Waals surface area contributed by atoms with Gasteiger partial charge in [0.15, 0.2) is 5.65 Å². The lowest BCUT2D eigenvalue weighted by molar-refractivity contribution is 0.949. The number of aryl methyl sites for hydroxylation is 1. The van der Waals surface area contributed by atoms with Crippen molar-refractivity contribution in [3.8, 4) is 0 Å². The molecular formula is C17H13IN6. The maximum Gasteiger partial charge on any atom is 0.265 e. The van der Waals surface area contributed by atoms with Crippen LogP contribution in [0.1, 0.15) is 5.56 Å². The molecule has 24 heavy (non-hydrogen) atoms. The summed E-state index contributed by atoms with van der Waals surface area (Å²) in [4.78, 5) is 4.52. The fourth-order valence-electron chi connectivity index (χ4n) is 2.61. The van der Waals surface area contributed by atoms with Crippen LogP contribution in [0.4, 0.5) is 5.95 Å². The molecule has 4 rings (SSSR count). The molecule has 0 spiro atoms. The Labute approximate surface area is 151 Å². The summed E-state index contributed by atoms with van der Waals surface area (Å²) in [6.45, 7) is 0. The molecule has 1 N–H and O–H groups in total. The van der Waals surface area contributed by atoms with Crippen molar-refractivity contribution in [1.82, 2.24) is 19.7 Å². The van der Waals surface area contributed by atoms with Crippen LogP contribution in [0.15, 0.2) is 53.6 Å². The number of aromatic nitrogens is 4. The maximum atomic E-state index is 4.52. The highest BCUT2D eigenvalue weighted by molar-refractivity contribution is 14.1. The second kappa shape index (κ2) is 6.16. The van der Waals surface area contributed by atoms with Gasteiger partial charge in [0.25, 0.3) is 5.95 Å². The Hall–Kier alpha value is -2.55. The molecule has 4 aromatic rings. The number of hydrogen-bond acceptors (Lipinski definition) is 5. The minimum absolute atomic E-state index is 0.371. The molecule has 7 heteroatoms. The van der Waals surface area contributed by atoms with Crippen molar-refractivity contribution in [2.45, 2.75) is 0 Å². The molecule has 118 valence electrons. The first-order valence-corrected chi connectivity index (χ1v) is 8.43. The molecule has 0 saturated heterocycles. The van der Waals surface area contributed by atoms with Gasteiger partial charge in [-0.05, 0) is 46.4 Å². The number of rotatable bonds is 3. The van der Waals surface area contributed by atoms with E-state index in [-0.39, 0.29) is 0 Å². The van der Waals surface area contributed by atoms with Crippen LogP contribution in [0.3, 0.4) is 0 Å². The van der Waals surface area contributed by atoms with Gasteiger partial charge in [-0.3, -0.25) is 0 Å². The normalized spacial score (nSPS) is 11.6. The standard InChI is InChI=1S/C17H13IN6/c1-24-14-8-3-2-7-13(14)15-16(24)20-17(23-21-15)22-19-10-11-5-4-6-12(18)9-11/h2-10H,1H3,(H,20,22,23). The summed E-state index contributed by atoms with van der Waals surface area (Å²) >= 11 is 2.27. The van der Waals surface area contributed by atoms with Crippen LogP contribution in [0, 0.1) is 3.57 Å². The van der Waals surface area contributed by atoms with Gasteiger partial charge in [-0.25, -0.2) is 5.43 Å². The summed E-state index contributed by atoms with van der Waals surface area (Å²) in [5.41, 5.74) is 6.50. The molecule has 2 aromatic carbocycles. The number of nitrogens with zero attached hydrogens (tertiary/aromatic N) is 5. The van der Waals surface area contributed by atoms with Crippen molar-refractivity contribution in [3.05, 3.63) is 57.7 Å². The van der Waals surface area contributed by atoms with Crippen molar-refractivity contribution < 1.29 is 0 Å². The quantitative estimate of drug-likeness (QED) is 0.308. The SMILES string of the molecule is Cn1c2ccccc2c2nnc(NN=Cc3cccc(I)c3)nc21. The third-order valence-corrected chi connectivity index (χ3v) is 4.40. The average molecular weight is 428 g/mol. The van der Waals surface area contributed by atoms with E-state index < -0.39 is 0 Å². The second-order valence-corrected chi connectivity index (χ2v) is 6.55. The average Bonchev–Trinajstić information content (AvgIpc) is 2.88. The molecule has 0 unspecified atom stereocenters. The summed E-state index contributed by atoms with van der Waals surface area (Å²) in [7, 11) is 1.97. The van der Waals surface area contributed by atoms with Crippen molar-refractivity contribution in [3.63, 3.8) is 0 Å². The predicted octanol–water partition coefficient (Wildman–Crippen LogP) is 3.57. The maximum absolute atomic E-state index is 4.52. The first kappa shape index (κ1) is 15.0. The Balaban J connectivity index is 1.66. The van der Waals surface area contributed by atoms with Gasteiger partial charge in [-0.1, -0.05) is 30.3 Å². The number of hydrazone groups is 1. The van der Waals surface area contributed by atoms with E-state index in [2.05, 4.69) is 48.3 Å². The molecule has 0 bridgehead atoms. The van der Waals surface area contributed by atoms with Crippen molar-refractivity contribution in [1.29, 1.82) is 0 Å². The van der Waals surface area contributed by atoms with E-state index in [1.807, 2.05) is 60.1 Å². The predicted molar refractivity (Wildman–Crippen MR) is 104 cm³/mol. The summed E-state index contributed by atoms with van der Waals surface area (Å²) in [6.07, 6.45) is 1.73. The van der Waals surface area contributed by atoms with Gasteiger partial charge in [0.2, 0.25) is 0 Å². The van der Waals surface area contributed by atoms with Crippen LogP contribution in [0.2, 0.25) is 0 Å². The van der Waals surface area contributed by atoms with Gasteiger partial charge in [-0.15, -0.1) is 10.2 Å². The molecule has 0 atom stereocenters. The molecule has 2 aromatic heterocycles. The number of para-hydroxylation sites is 1. The molecule has 0 saturated carbocycles. The summed E-state index contributed by atoms with van der Waals surface area (Å²) in [5, 5.41) is 13.7. The number of halogens is 1. The van der Waals surface area contributed by atoms with E-state index in [4.69, 9.17) is 0 Å². The Kier molecular flexibility index (Phi) is 3.85. The van der Waals surface area contributed by atoms with E-state index in [0.717, 1.165) is 31.2 Å². The Morgan fingerprint density at radius 3 is 2.88 bits per heavy atom. The second-order valence-electron chi connectivity index (χ2n) is 5.31. The van der Waals surface area contributed by atoms with Crippen molar-refractivity contribution in [2.75, 3.05) is 5.43 Å². The van der Waals surface area contributed by atoms with E-state index in [1.165, 1.54) is 0 Å². The van der Waals surface area contributed by atoms with Crippen LogP contribution in [-0.4, -0.2) is 26.0 Å². The van der Waals surface area contributed by atoms with Crippen molar-refractivity contribution >= 4 is 56.8 Å². The molecule has 0 fully saturated rings. The minimum atomic E-state index is 0.371. The van der Waals surface area contributed by atoms with Gasteiger partial charge in [0.05, 0.1) is 11.7 Å². The monoisotopic (exact) mass is 428 g/mol. The van der Waals surface area contributed by atoms with E-state index in [1.54, 1.807) is 6.21 Å². The van der Waals surface area contributed by atoms with Gasteiger partial charge < -0.3 is 4.57 Å². The molecule has 0 amide bonds. The largest absolute Gasteiger partial charge is 0.327 e. The van der Waals surface area contributed by atoms with Gasteiger partial charge in [-0.2, -0.15) is 10.1 Å². The molecular weight excluding hydrogens is 415 g/mol. The van der Waals surface area contributed by atoms with E-state index in [9.17, 15) is 0 Å². The van der Waals surface area contributed by atoms with Gasteiger partial charge in [0.1, 0.15) is 5.52 Å². The van der Waals surface area contributed by atoms with Gasteiger partial charge >= 0.3 is 0 Å².